The molecule has 1 heterocycles. The highest BCUT2D eigenvalue weighted by Crippen LogP contribution is 2.29. The Balaban J connectivity index is 2.21. The van der Waals surface area contributed by atoms with Crippen LogP contribution in [0.1, 0.15) is 28.3 Å². The molecule has 0 aliphatic heterocycles. The fourth-order valence-corrected chi connectivity index (χ4v) is 2.91. The minimum Gasteiger partial charge on any atom is -0.309 e. The molecule has 1 N–H and O–H groups in total. The van der Waals surface area contributed by atoms with E-state index in [0.29, 0.717) is 0 Å². The van der Waals surface area contributed by atoms with Crippen LogP contribution in [0.4, 0.5) is 0 Å². The Morgan fingerprint density at radius 1 is 0.952 bits per heavy atom. The second kappa shape index (κ2) is 5.66. The summed E-state index contributed by atoms with van der Waals surface area (Å²) >= 11 is 0. The molecule has 0 amide bonds. The lowest BCUT2D eigenvalue weighted by molar-refractivity contribution is 0.690. The Kier molecular flexibility index (Phi) is 3.72. The van der Waals surface area contributed by atoms with Crippen molar-refractivity contribution >= 4 is 10.9 Å². The first-order valence-corrected chi connectivity index (χ1v) is 7.29. The summed E-state index contributed by atoms with van der Waals surface area (Å²) in [6.07, 6.45) is 1.86. The minimum absolute atomic E-state index is 0.156. The number of nitrogens with one attached hydrogen (secondary N) is 1. The fourth-order valence-electron chi connectivity index (χ4n) is 2.91. The third-order valence-corrected chi connectivity index (χ3v) is 4.01. The average Bonchev–Trinajstić information content (AvgIpc) is 2.51. The third-order valence-electron chi connectivity index (χ3n) is 4.01. The van der Waals surface area contributed by atoms with Crippen molar-refractivity contribution in [1.82, 2.24) is 10.3 Å². The molecule has 1 aromatic heterocycles. The fraction of sp³-hybridized carbons (Fsp3) is 0.211. The van der Waals surface area contributed by atoms with E-state index in [1.54, 1.807) is 0 Å². The van der Waals surface area contributed by atoms with Gasteiger partial charge < -0.3 is 5.32 Å². The van der Waals surface area contributed by atoms with Crippen LogP contribution in [0.15, 0.2) is 54.7 Å². The number of para-hydroxylation sites is 1. The van der Waals surface area contributed by atoms with Crippen LogP contribution in [-0.2, 0) is 0 Å². The second-order valence-corrected chi connectivity index (χ2v) is 5.50. The lowest BCUT2D eigenvalue weighted by Gasteiger charge is -2.21. The van der Waals surface area contributed by atoms with Gasteiger partial charge in [0, 0.05) is 11.6 Å². The van der Waals surface area contributed by atoms with E-state index in [2.05, 4.69) is 66.6 Å². The average molecular weight is 276 g/mol. The van der Waals surface area contributed by atoms with Crippen molar-refractivity contribution in [2.24, 2.45) is 0 Å². The van der Waals surface area contributed by atoms with Crippen molar-refractivity contribution in [3.63, 3.8) is 0 Å². The summed E-state index contributed by atoms with van der Waals surface area (Å²) in [4.78, 5) is 4.59. The number of aromatic nitrogens is 1. The predicted molar refractivity (Wildman–Crippen MR) is 88.6 cm³/mol. The molecule has 3 rings (SSSR count). The van der Waals surface area contributed by atoms with Crippen LogP contribution in [0.3, 0.4) is 0 Å². The second-order valence-electron chi connectivity index (χ2n) is 5.50. The van der Waals surface area contributed by atoms with Crippen LogP contribution in [0, 0.1) is 13.8 Å². The monoisotopic (exact) mass is 276 g/mol. The van der Waals surface area contributed by atoms with Gasteiger partial charge >= 0.3 is 0 Å². The third kappa shape index (κ3) is 2.55. The lowest BCUT2D eigenvalue weighted by Crippen LogP contribution is -2.19. The van der Waals surface area contributed by atoms with Crippen molar-refractivity contribution in [2.45, 2.75) is 19.9 Å². The maximum absolute atomic E-state index is 4.59. The number of pyridine rings is 1. The maximum atomic E-state index is 4.59. The first-order valence-electron chi connectivity index (χ1n) is 7.29. The lowest BCUT2D eigenvalue weighted by atomic mass is 9.92. The molecule has 3 aromatic rings. The van der Waals surface area contributed by atoms with Gasteiger partial charge in [-0.1, -0.05) is 48.0 Å². The minimum atomic E-state index is 0.156. The van der Waals surface area contributed by atoms with E-state index in [4.69, 9.17) is 0 Å². The number of fused-ring (bicyclic) bond motifs is 1. The van der Waals surface area contributed by atoms with E-state index in [1.165, 1.54) is 27.6 Å². The van der Waals surface area contributed by atoms with Gasteiger partial charge in [-0.05, 0) is 43.7 Å². The summed E-state index contributed by atoms with van der Waals surface area (Å²) in [6, 6.07) is 17.2. The number of aryl methyl sites for hydroxylation is 2. The zero-order chi connectivity index (χ0) is 14.8. The van der Waals surface area contributed by atoms with Gasteiger partial charge in [-0.25, -0.2) is 0 Å². The van der Waals surface area contributed by atoms with Gasteiger partial charge in [-0.15, -0.1) is 0 Å². The Bertz CT molecular complexity index is 772. The van der Waals surface area contributed by atoms with E-state index in [9.17, 15) is 0 Å². The summed E-state index contributed by atoms with van der Waals surface area (Å²) in [5, 5.41) is 4.64. The van der Waals surface area contributed by atoms with Gasteiger partial charge in [0.25, 0.3) is 0 Å². The van der Waals surface area contributed by atoms with Gasteiger partial charge in [-0.3, -0.25) is 4.98 Å². The van der Waals surface area contributed by atoms with Gasteiger partial charge in [0.15, 0.2) is 0 Å². The van der Waals surface area contributed by atoms with Crippen LogP contribution in [0.5, 0.6) is 0 Å². The molecule has 2 aromatic carbocycles. The quantitative estimate of drug-likeness (QED) is 0.777. The number of hydrogen-bond acceptors (Lipinski definition) is 2. The normalized spacial score (nSPS) is 12.5. The highest BCUT2D eigenvalue weighted by Gasteiger charge is 2.17. The molecule has 1 unspecified atom stereocenters. The first kappa shape index (κ1) is 13.8. The molecule has 0 spiro atoms. The largest absolute Gasteiger partial charge is 0.309 e. The molecule has 2 heteroatoms. The van der Waals surface area contributed by atoms with E-state index in [0.717, 1.165) is 5.52 Å². The molecule has 2 nitrogen and oxygen atoms in total. The van der Waals surface area contributed by atoms with Crippen LogP contribution < -0.4 is 5.32 Å². The molecular weight excluding hydrogens is 256 g/mol. The number of rotatable bonds is 3. The van der Waals surface area contributed by atoms with Gasteiger partial charge in [0.1, 0.15) is 0 Å². The molecule has 0 aliphatic rings. The molecule has 106 valence electrons. The molecule has 1 atom stereocenters. The summed E-state index contributed by atoms with van der Waals surface area (Å²) in [5.74, 6) is 0. The van der Waals surface area contributed by atoms with E-state index < -0.39 is 0 Å². The topological polar surface area (TPSA) is 24.9 Å². The Morgan fingerprint density at radius 3 is 2.57 bits per heavy atom. The molecule has 0 saturated heterocycles. The number of benzene rings is 2. The van der Waals surface area contributed by atoms with E-state index >= 15 is 0 Å². The molecular formula is C19H20N2. The van der Waals surface area contributed by atoms with Crippen molar-refractivity contribution in [3.8, 4) is 0 Å². The SMILES string of the molecule is CNC(c1cc(C)ccc1C)c1cccc2cccnc12. The summed E-state index contributed by atoms with van der Waals surface area (Å²) in [6.45, 7) is 4.30. The molecule has 0 radical (unpaired) electrons. The zero-order valence-electron chi connectivity index (χ0n) is 12.7. The standard InChI is InChI=1S/C19H20N2/c1-13-9-10-14(2)17(12-13)19(20-3)16-8-4-6-15-7-5-11-21-18(15)16/h4-12,19-20H,1-3H3. The summed E-state index contributed by atoms with van der Waals surface area (Å²) in [7, 11) is 2.01. The van der Waals surface area contributed by atoms with Crippen LogP contribution in [0.2, 0.25) is 0 Å². The first-order chi connectivity index (χ1) is 10.2. The molecule has 0 aliphatic carbocycles. The number of hydrogen-bond donors (Lipinski definition) is 1. The summed E-state index contributed by atoms with van der Waals surface area (Å²) in [5.41, 5.74) is 6.19. The number of nitrogens with zero attached hydrogens (tertiary/aromatic N) is 1. The van der Waals surface area contributed by atoms with Gasteiger partial charge in [0.05, 0.1) is 11.6 Å². The van der Waals surface area contributed by atoms with Crippen LogP contribution in [0.25, 0.3) is 10.9 Å². The van der Waals surface area contributed by atoms with Crippen molar-refractivity contribution in [3.05, 3.63) is 77.0 Å². The summed E-state index contributed by atoms with van der Waals surface area (Å²) < 4.78 is 0. The van der Waals surface area contributed by atoms with E-state index in [1.807, 2.05) is 19.3 Å². The van der Waals surface area contributed by atoms with Crippen LogP contribution >= 0.6 is 0 Å². The highest BCUT2D eigenvalue weighted by molar-refractivity contribution is 5.82. The maximum Gasteiger partial charge on any atom is 0.0753 e. The smallest absolute Gasteiger partial charge is 0.0753 e. The highest BCUT2D eigenvalue weighted by atomic mass is 14.9. The van der Waals surface area contributed by atoms with Crippen LogP contribution in [-0.4, -0.2) is 12.0 Å². The Labute approximate surface area is 125 Å². The van der Waals surface area contributed by atoms with Crippen molar-refractivity contribution < 1.29 is 0 Å². The van der Waals surface area contributed by atoms with Crippen molar-refractivity contribution in [2.75, 3.05) is 7.05 Å². The van der Waals surface area contributed by atoms with Gasteiger partial charge in [-0.2, -0.15) is 0 Å². The van der Waals surface area contributed by atoms with E-state index in [-0.39, 0.29) is 6.04 Å². The Morgan fingerprint density at radius 2 is 1.76 bits per heavy atom. The molecule has 21 heavy (non-hydrogen) atoms. The predicted octanol–water partition coefficient (Wildman–Crippen LogP) is 4.16. The van der Waals surface area contributed by atoms with Gasteiger partial charge in [0.2, 0.25) is 0 Å². The zero-order valence-corrected chi connectivity index (χ0v) is 12.7. The molecule has 0 bridgehead atoms. The van der Waals surface area contributed by atoms with Crippen molar-refractivity contribution in [1.29, 1.82) is 0 Å². The molecule has 0 saturated carbocycles. The Hall–Kier alpha value is -2.19. The molecule has 0 fully saturated rings.